The van der Waals surface area contributed by atoms with Crippen molar-refractivity contribution in [3.05, 3.63) is 64.1 Å². The molecular formula is C25H28ClN3O3S. The maximum atomic E-state index is 13.0. The van der Waals surface area contributed by atoms with Gasteiger partial charge in [0, 0.05) is 48.7 Å². The van der Waals surface area contributed by atoms with Crippen molar-refractivity contribution in [1.29, 1.82) is 0 Å². The molecular weight excluding hydrogens is 458 g/mol. The van der Waals surface area contributed by atoms with Gasteiger partial charge < -0.3 is 14.4 Å². The molecule has 6 nitrogen and oxygen atoms in total. The van der Waals surface area contributed by atoms with Crippen LogP contribution in [0.15, 0.2) is 47.8 Å². The largest absolute Gasteiger partial charge is 0.493 e. The summed E-state index contributed by atoms with van der Waals surface area (Å²) in [5.41, 5.74) is 2.99. The molecule has 8 heteroatoms. The Hall–Kier alpha value is -2.61. The van der Waals surface area contributed by atoms with Crippen LogP contribution in [-0.2, 0) is 17.8 Å². The Morgan fingerprint density at radius 2 is 1.82 bits per heavy atom. The molecule has 0 unspecified atom stereocenters. The molecule has 1 aliphatic heterocycles. The lowest BCUT2D eigenvalue weighted by Gasteiger charge is -2.22. The Labute approximate surface area is 203 Å². The first-order valence-corrected chi connectivity index (χ1v) is 12.2. The van der Waals surface area contributed by atoms with Gasteiger partial charge in [0.05, 0.1) is 26.3 Å². The summed E-state index contributed by atoms with van der Waals surface area (Å²) in [5.74, 6) is 1.47. The van der Waals surface area contributed by atoms with Crippen LogP contribution in [0.25, 0.3) is 10.6 Å². The summed E-state index contributed by atoms with van der Waals surface area (Å²) < 4.78 is 10.7. The summed E-state index contributed by atoms with van der Waals surface area (Å²) in [6, 6.07) is 13.7. The molecule has 1 saturated heterocycles. The molecule has 33 heavy (non-hydrogen) atoms. The molecule has 0 bridgehead atoms. The topological polar surface area (TPSA) is 54.9 Å². The van der Waals surface area contributed by atoms with Crippen molar-refractivity contribution < 1.29 is 14.3 Å². The van der Waals surface area contributed by atoms with Crippen LogP contribution in [0.1, 0.15) is 17.7 Å². The first-order valence-electron chi connectivity index (χ1n) is 11.0. The molecule has 1 amide bonds. The first-order chi connectivity index (χ1) is 16.1. The number of amides is 1. The van der Waals surface area contributed by atoms with Crippen molar-refractivity contribution >= 4 is 28.8 Å². The van der Waals surface area contributed by atoms with E-state index < -0.39 is 0 Å². The summed E-state index contributed by atoms with van der Waals surface area (Å²) in [7, 11) is 3.23. The van der Waals surface area contributed by atoms with Gasteiger partial charge in [0.1, 0.15) is 5.01 Å². The van der Waals surface area contributed by atoms with Crippen LogP contribution in [0.4, 0.5) is 0 Å². The maximum Gasteiger partial charge on any atom is 0.228 e. The number of rotatable bonds is 7. The van der Waals surface area contributed by atoms with Gasteiger partial charge in [-0.25, -0.2) is 4.98 Å². The van der Waals surface area contributed by atoms with Gasteiger partial charge >= 0.3 is 0 Å². The van der Waals surface area contributed by atoms with Crippen molar-refractivity contribution in [2.45, 2.75) is 19.4 Å². The van der Waals surface area contributed by atoms with E-state index in [1.54, 1.807) is 14.2 Å². The zero-order chi connectivity index (χ0) is 23.2. The fourth-order valence-electron chi connectivity index (χ4n) is 3.98. The predicted octanol–water partition coefficient (Wildman–Crippen LogP) is 4.76. The molecule has 0 N–H and O–H groups in total. The minimum absolute atomic E-state index is 0.132. The van der Waals surface area contributed by atoms with E-state index in [2.05, 4.69) is 17.0 Å². The van der Waals surface area contributed by atoms with E-state index in [4.69, 9.17) is 26.1 Å². The number of hydrogen-bond acceptors (Lipinski definition) is 6. The van der Waals surface area contributed by atoms with E-state index in [1.165, 1.54) is 16.9 Å². The van der Waals surface area contributed by atoms with Gasteiger partial charge in [-0.2, -0.15) is 0 Å². The quantitative estimate of drug-likeness (QED) is 0.483. The van der Waals surface area contributed by atoms with Gasteiger partial charge in [-0.1, -0.05) is 23.7 Å². The molecule has 1 aromatic heterocycles. The number of methoxy groups -OCH3 is 2. The highest BCUT2D eigenvalue weighted by atomic mass is 35.5. The minimum Gasteiger partial charge on any atom is -0.493 e. The molecule has 3 aromatic rings. The third kappa shape index (κ3) is 6.05. The number of nitrogens with zero attached hydrogens (tertiary/aromatic N) is 3. The number of carbonyl (C=O) groups is 1. The molecule has 0 radical (unpaired) electrons. The van der Waals surface area contributed by atoms with Crippen LogP contribution >= 0.6 is 22.9 Å². The molecule has 1 aliphatic rings. The Bertz CT molecular complexity index is 1090. The molecule has 0 aliphatic carbocycles. The summed E-state index contributed by atoms with van der Waals surface area (Å²) in [6.07, 6.45) is 1.29. The van der Waals surface area contributed by atoms with Gasteiger partial charge in [-0.3, -0.25) is 9.69 Å². The first kappa shape index (κ1) is 23.5. The fourth-order valence-corrected chi connectivity index (χ4v) is 4.93. The number of ether oxygens (including phenoxy) is 2. The van der Waals surface area contributed by atoms with Gasteiger partial charge in [0.2, 0.25) is 5.91 Å². The number of thiazole rings is 1. The second kappa shape index (κ2) is 11.0. The number of benzene rings is 2. The van der Waals surface area contributed by atoms with Crippen molar-refractivity contribution in [2.75, 3.05) is 40.4 Å². The zero-order valence-electron chi connectivity index (χ0n) is 18.9. The predicted molar refractivity (Wildman–Crippen MR) is 132 cm³/mol. The summed E-state index contributed by atoms with van der Waals surface area (Å²) in [6.45, 7) is 4.23. The summed E-state index contributed by atoms with van der Waals surface area (Å²) >= 11 is 7.53. The fraction of sp³-hybridized carbons (Fsp3) is 0.360. The van der Waals surface area contributed by atoms with Crippen molar-refractivity contribution in [3.63, 3.8) is 0 Å². The molecule has 1 fully saturated rings. The molecule has 174 valence electrons. The van der Waals surface area contributed by atoms with Gasteiger partial charge in [-0.15, -0.1) is 11.3 Å². The van der Waals surface area contributed by atoms with E-state index >= 15 is 0 Å². The Balaban J connectivity index is 1.34. The molecule has 0 atom stereocenters. The van der Waals surface area contributed by atoms with Crippen LogP contribution in [0.5, 0.6) is 11.5 Å². The molecule has 0 saturated carbocycles. The smallest absolute Gasteiger partial charge is 0.228 e. The average Bonchev–Trinajstić information content (AvgIpc) is 3.17. The molecule has 2 aromatic carbocycles. The van der Waals surface area contributed by atoms with E-state index in [9.17, 15) is 4.79 Å². The number of aromatic nitrogens is 1. The second-order valence-electron chi connectivity index (χ2n) is 8.03. The zero-order valence-corrected chi connectivity index (χ0v) is 20.5. The lowest BCUT2D eigenvalue weighted by molar-refractivity contribution is -0.130. The highest BCUT2D eigenvalue weighted by Crippen LogP contribution is 2.33. The van der Waals surface area contributed by atoms with Gasteiger partial charge in [0.25, 0.3) is 0 Å². The third-order valence-corrected chi connectivity index (χ3v) is 6.97. The van der Waals surface area contributed by atoms with E-state index in [0.717, 1.165) is 60.4 Å². The van der Waals surface area contributed by atoms with Crippen molar-refractivity contribution in [1.82, 2.24) is 14.8 Å². The SMILES string of the molecule is COc1ccc(-c2nc(CC(=O)N3CCCN(Cc4ccc(Cl)cc4)CC3)cs2)cc1OC. The van der Waals surface area contributed by atoms with Crippen molar-refractivity contribution in [3.8, 4) is 22.1 Å². The van der Waals surface area contributed by atoms with Crippen LogP contribution in [0, 0.1) is 0 Å². The van der Waals surface area contributed by atoms with E-state index in [1.807, 2.05) is 40.6 Å². The summed E-state index contributed by atoms with van der Waals surface area (Å²) in [5, 5.41) is 3.58. The monoisotopic (exact) mass is 485 g/mol. The average molecular weight is 486 g/mol. The Morgan fingerprint density at radius 1 is 1.03 bits per heavy atom. The van der Waals surface area contributed by atoms with Gasteiger partial charge in [0.15, 0.2) is 11.5 Å². The maximum absolute atomic E-state index is 13.0. The van der Waals surface area contributed by atoms with E-state index in [0.29, 0.717) is 17.9 Å². The van der Waals surface area contributed by atoms with Crippen LogP contribution in [0.3, 0.4) is 0 Å². The van der Waals surface area contributed by atoms with Crippen molar-refractivity contribution in [2.24, 2.45) is 0 Å². The number of carbonyl (C=O) groups excluding carboxylic acids is 1. The van der Waals surface area contributed by atoms with Crippen LogP contribution in [-0.4, -0.2) is 61.1 Å². The second-order valence-corrected chi connectivity index (χ2v) is 9.32. The Kier molecular flexibility index (Phi) is 7.85. The van der Waals surface area contributed by atoms with E-state index in [-0.39, 0.29) is 5.91 Å². The summed E-state index contributed by atoms with van der Waals surface area (Å²) in [4.78, 5) is 22.0. The normalized spacial score (nSPS) is 14.7. The van der Waals surface area contributed by atoms with Gasteiger partial charge in [-0.05, 0) is 42.3 Å². The number of halogens is 1. The lowest BCUT2D eigenvalue weighted by Crippen LogP contribution is -2.36. The standard InChI is InChI=1S/C25H28ClN3O3S/c1-31-22-9-6-19(14-23(22)32-2)25-27-21(17-33-25)15-24(30)29-11-3-10-28(12-13-29)16-18-4-7-20(26)8-5-18/h4-9,14,17H,3,10-13,15-16H2,1-2H3. The van der Waals surface area contributed by atoms with Crippen LogP contribution in [0.2, 0.25) is 5.02 Å². The molecule has 4 rings (SSSR count). The molecule has 0 spiro atoms. The highest BCUT2D eigenvalue weighted by Gasteiger charge is 2.20. The Morgan fingerprint density at radius 3 is 2.58 bits per heavy atom. The third-order valence-electron chi connectivity index (χ3n) is 5.78. The minimum atomic E-state index is 0.132. The lowest BCUT2D eigenvalue weighted by atomic mass is 10.2. The van der Waals surface area contributed by atoms with Crippen LogP contribution < -0.4 is 9.47 Å². The molecule has 2 heterocycles. The number of hydrogen-bond donors (Lipinski definition) is 0. The highest BCUT2D eigenvalue weighted by molar-refractivity contribution is 7.13.